The van der Waals surface area contributed by atoms with Crippen LogP contribution in [0.5, 0.6) is 11.5 Å². The van der Waals surface area contributed by atoms with Crippen molar-refractivity contribution in [2.45, 2.75) is 13.3 Å². The van der Waals surface area contributed by atoms with Crippen molar-refractivity contribution in [3.05, 3.63) is 30.6 Å². The molecule has 0 atom stereocenters. The molecule has 1 N–H and O–H groups in total. The number of halogens is 3. The summed E-state index contributed by atoms with van der Waals surface area (Å²) in [6, 6.07) is 3.21. The van der Waals surface area contributed by atoms with Crippen LogP contribution in [-0.4, -0.2) is 34.8 Å². The number of nitrogens with zero attached hydrogens (tertiary/aromatic N) is 2. The van der Waals surface area contributed by atoms with Gasteiger partial charge in [-0.15, -0.1) is 13.2 Å². The first kappa shape index (κ1) is 16.1. The van der Waals surface area contributed by atoms with Gasteiger partial charge in [-0.3, -0.25) is 0 Å². The fourth-order valence-corrected chi connectivity index (χ4v) is 2.38. The first-order chi connectivity index (χ1) is 10.1. The number of benzene rings is 1. The summed E-state index contributed by atoms with van der Waals surface area (Å²) >= 11 is 0. The Hall–Kier alpha value is -2.23. The number of hydrogen-bond donors (Lipinski definition) is 1. The predicted octanol–water partition coefficient (Wildman–Crippen LogP) is 2.35. The number of aromatic hydroxyl groups is 1. The van der Waals surface area contributed by atoms with Gasteiger partial charge in [0.1, 0.15) is 0 Å². The van der Waals surface area contributed by atoms with E-state index in [2.05, 4.69) is 9.84 Å². The van der Waals surface area contributed by atoms with E-state index in [0.29, 0.717) is 11.1 Å². The van der Waals surface area contributed by atoms with E-state index in [1.54, 1.807) is 0 Å². The van der Waals surface area contributed by atoms with Crippen LogP contribution in [0.2, 0.25) is 0 Å². The highest BCUT2D eigenvalue weighted by molar-refractivity contribution is 7.89. The zero-order valence-electron chi connectivity index (χ0n) is 11.2. The number of phenolic OH excluding ortho intramolecular Hbond substituents is 1. The molecular formula is C12H11F3N2O4S. The molecule has 0 amide bonds. The van der Waals surface area contributed by atoms with Crippen LogP contribution in [-0.2, 0) is 10.0 Å². The third-order valence-corrected chi connectivity index (χ3v) is 4.23. The van der Waals surface area contributed by atoms with E-state index in [-0.39, 0.29) is 5.75 Å². The summed E-state index contributed by atoms with van der Waals surface area (Å²) in [6.07, 6.45) is -2.48. The van der Waals surface area contributed by atoms with Crippen LogP contribution in [0.25, 0.3) is 11.1 Å². The molecule has 2 aromatic rings. The number of hydrogen-bond acceptors (Lipinski definition) is 5. The number of ether oxygens (including phenoxy) is 1. The zero-order chi connectivity index (χ0) is 16.5. The maximum absolute atomic E-state index is 12.1. The Balaban J connectivity index is 2.33. The molecular weight excluding hydrogens is 325 g/mol. The number of alkyl halides is 3. The number of rotatable bonds is 4. The maximum atomic E-state index is 12.1. The summed E-state index contributed by atoms with van der Waals surface area (Å²) in [6.45, 7) is 1.45. The highest BCUT2D eigenvalue weighted by Crippen LogP contribution is 2.34. The second kappa shape index (κ2) is 5.52. The topological polar surface area (TPSA) is 81.4 Å². The van der Waals surface area contributed by atoms with Gasteiger partial charge in [0.15, 0.2) is 11.5 Å². The normalized spacial score (nSPS) is 12.4. The molecule has 0 fully saturated rings. The highest BCUT2D eigenvalue weighted by Gasteiger charge is 2.32. The molecule has 0 spiro atoms. The summed E-state index contributed by atoms with van der Waals surface area (Å²) in [5, 5.41) is 13.2. The van der Waals surface area contributed by atoms with E-state index in [0.717, 1.165) is 16.2 Å². The summed E-state index contributed by atoms with van der Waals surface area (Å²) in [4.78, 5) is 0. The monoisotopic (exact) mass is 336 g/mol. The van der Waals surface area contributed by atoms with Gasteiger partial charge in [-0.2, -0.15) is 9.19 Å². The molecule has 0 saturated carbocycles. The molecule has 0 aliphatic rings. The molecule has 0 radical (unpaired) electrons. The maximum Gasteiger partial charge on any atom is 0.573 e. The molecule has 2 rings (SSSR count). The van der Waals surface area contributed by atoms with Crippen molar-refractivity contribution in [3.8, 4) is 22.6 Å². The van der Waals surface area contributed by atoms with E-state index in [4.69, 9.17) is 0 Å². The Kier molecular flexibility index (Phi) is 4.05. The summed E-state index contributed by atoms with van der Waals surface area (Å²) in [5.74, 6) is -1.62. The fraction of sp³-hybridized carbons (Fsp3) is 0.250. The Bertz CT molecular complexity index is 784. The summed E-state index contributed by atoms with van der Waals surface area (Å²) < 4.78 is 64.0. The van der Waals surface area contributed by atoms with Crippen molar-refractivity contribution in [2.75, 3.05) is 5.75 Å². The van der Waals surface area contributed by atoms with E-state index < -0.39 is 27.9 Å². The van der Waals surface area contributed by atoms with Gasteiger partial charge in [-0.05, 0) is 24.6 Å². The molecule has 22 heavy (non-hydrogen) atoms. The molecule has 10 heteroatoms. The predicted molar refractivity (Wildman–Crippen MR) is 70.9 cm³/mol. The molecule has 1 heterocycles. The molecule has 0 aliphatic heterocycles. The largest absolute Gasteiger partial charge is 0.573 e. The molecule has 0 unspecified atom stereocenters. The average molecular weight is 336 g/mol. The Labute approximate surface area is 123 Å². The van der Waals surface area contributed by atoms with Crippen molar-refractivity contribution >= 4 is 10.0 Å². The third kappa shape index (κ3) is 3.50. The highest BCUT2D eigenvalue weighted by atomic mass is 32.2. The van der Waals surface area contributed by atoms with Gasteiger partial charge < -0.3 is 9.84 Å². The SMILES string of the molecule is CCS(=O)(=O)n1cc(-c2ccc(OC(F)(F)F)c(O)c2)cn1. The van der Waals surface area contributed by atoms with Gasteiger partial charge in [0.25, 0.3) is 10.0 Å². The first-order valence-electron chi connectivity index (χ1n) is 5.99. The van der Waals surface area contributed by atoms with Gasteiger partial charge in [-0.25, -0.2) is 8.42 Å². The van der Waals surface area contributed by atoms with E-state index >= 15 is 0 Å². The second-order valence-electron chi connectivity index (χ2n) is 4.23. The van der Waals surface area contributed by atoms with Gasteiger partial charge in [0, 0.05) is 5.56 Å². The molecule has 1 aromatic carbocycles. The van der Waals surface area contributed by atoms with Crippen molar-refractivity contribution in [2.24, 2.45) is 0 Å². The standard InChI is InChI=1S/C12H11F3N2O4S/c1-2-22(19,20)17-7-9(6-16-17)8-3-4-11(10(18)5-8)21-12(13,14)15/h3-7,18H,2H2,1H3. The van der Waals surface area contributed by atoms with E-state index in [1.807, 2.05) is 0 Å². The lowest BCUT2D eigenvalue weighted by Crippen LogP contribution is -2.17. The Morgan fingerprint density at radius 1 is 1.32 bits per heavy atom. The van der Waals surface area contributed by atoms with Crippen LogP contribution in [0.15, 0.2) is 30.6 Å². The van der Waals surface area contributed by atoms with E-state index in [9.17, 15) is 26.7 Å². The number of phenols is 1. The third-order valence-electron chi connectivity index (χ3n) is 2.73. The molecule has 6 nitrogen and oxygen atoms in total. The van der Waals surface area contributed by atoms with E-state index in [1.165, 1.54) is 25.4 Å². The zero-order valence-corrected chi connectivity index (χ0v) is 12.0. The van der Waals surface area contributed by atoms with Crippen LogP contribution in [0.1, 0.15) is 6.92 Å². The van der Waals surface area contributed by atoms with Gasteiger partial charge in [-0.1, -0.05) is 6.07 Å². The lowest BCUT2D eigenvalue weighted by atomic mass is 10.1. The van der Waals surface area contributed by atoms with Gasteiger partial charge >= 0.3 is 6.36 Å². The molecule has 120 valence electrons. The van der Waals surface area contributed by atoms with Crippen molar-refractivity contribution in [1.29, 1.82) is 0 Å². The lowest BCUT2D eigenvalue weighted by Gasteiger charge is -2.10. The second-order valence-corrected chi connectivity index (χ2v) is 6.35. The van der Waals surface area contributed by atoms with Crippen LogP contribution in [0, 0.1) is 0 Å². The Morgan fingerprint density at radius 2 is 2.00 bits per heavy atom. The minimum absolute atomic E-state index is 0.155. The summed E-state index contributed by atoms with van der Waals surface area (Å²) in [7, 11) is -3.56. The van der Waals surface area contributed by atoms with Crippen LogP contribution < -0.4 is 4.74 Å². The van der Waals surface area contributed by atoms with Gasteiger partial charge in [0.05, 0.1) is 18.1 Å². The first-order valence-corrected chi connectivity index (χ1v) is 7.60. The average Bonchev–Trinajstić information content (AvgIpc) is 2.90. The Morgan fingerprint density at radius 3 is 2.55 bits per heavy atom. The molecule has 0 aliphatic carbocycles. The summed E-state index contributed by atoms with van der Waals surface area (Å²) in [5.41, 5.74) is 0.621. The van der Waals surface area contributed by atoms with Crippen molar-refractivity contribution in [3.63, 3.8) is 0 Å². The van der Waals surface area contributed by atoms with Crippen molar-refractivity contribution < 1.29 is 31.4 Å². The quantitative estimate of drug-likeness (QED) is 0.927. The number of aromatic nitrogens is 2. The minimum atomic E-state index is -4.92. The minimum Gasteiger partial charge on any atom is -0.504 e. The smallest absolute Gasteiger partial charge is 0.504 e. The van der Waals surface area contributed by atoms with Gasteiger partial charge in [0.2, 0.25) is 0 Å². The van der Waals surface area contributed by atoms with Crippen LogP contribution >= 0.6 is 0 Å². The van der Waals surface area contributed by atoms with Crippen molar-refractivity contribution in [1.82, 2.24) is 9.19 Å². The fourth-order valence-electron chi connectivity index (χ4n) is 1.65. The molecule has 0 saturated heterocycles. The lowest BCUT2D eigenvalue weighted by molar-refractivity contribution is -0.275. The molecule has 1 aromatic heterocycles. The van der Waals surface area contributed by atoms with Crippen LogP contribution in [0.4, 0.5) is 13.2 Å². The van der Waals surface area contributed by atoms with Crippen LogP contribution in [0.3, 0.4) is 0 Å². The molecule has 0 bridgehead atoms.